The summed E-state index contributed by atoms with van der Waals surface area (Å²) in [7, 11) is 0. The number of nitrogens with zero attached hydrogens (tertiary/aromatic N) is 5. The first-order valence-electron chi connectivity index (χ1n) is 17.1. The van der Waals surface area contributed by atoms with Gasteiger partial charge in [0.2, 0.25) is 0 Å². The van der Waals surface area contributed by atoms with Crippen LogP contribution in [0.25, 0.3) is 84.1 Å². The van der Waals surface area contributed by atoms with Crippen molar-refractivity contribution in [3.05, 3.63) is 169 Å². The SMILES string of the molecule is C=Nc1c(/C=C\C)n(-c2cc(-c3ccccc3)nc(-c3ccccc3)n2)c2ccc(-c3ccc4c(c3)c3ccccc3n4-c3ccccc3)cc12. The van der Waals surface area contributed by atoms with Crippen molar-refractivity contribution in [1.82, 2.24) is 19.1 Å². The molecule has 0 aliphatic heterocycles. The lowest BCUT2D eigenvalue weighted by molar-refractivity contribution is 1.01. The van der Waals surface area contributed by atoms with E-state index in [9.17, 15) is 0 Å². The van der Waals surface area contributed by atoms with Gasteiger partial charge in [-0.1, -0.05) is 115 Å². The fourth-order valence-electron chi connectivity index (χ4n) is 7.23. The Morgan fingerprint density at radius 1 is 0.529 bits per heavy atom. The second kappa shape index (κ2) is 12.6. The zero-order valence-corrected chi connectivity index (χ0v) is 28.1. The molecule has 6 aromatic carbocycles. The van der Waals surface area contributed by atoms with Crippen molar-refractivity contribution in [1.29, 1.82) is 0 Å². The van der Waals surface area contributed by atoms with E-state index in [1.165, 1.54) is 21.8 Å². The van der Waals surface area contributed by atoms with Crippen molar-refractivity contribution in [2.75, 3.05) is 0 Å². The summed E-state index contributed by atoms with van der Waals surface area (Å²) in [5.41, 5.74) is 11.3. The first-order valence-corrected chi connectivity index (χ1v) is 17.1. The van der Waals surface area contributed by atoms with E-state index in [0.717, 1.165) is 61.7 Å². The number of para-hydroxylation sites is 2. The summed E-state index contributed by atoms with van der Waals surface area (Å²) in [4.78, 5) is 14.8. The molecule has 0 aliphatic rings. The van der Waals surface area contributed by atoms with Crippen LogP contribution in [-0.2, 0) is 0 Å². The second-order valence-electron chi connectivity index (χ2n) is 12.5. The van der Waals surface area contributed by atoms with Crippen molar-refractivity contribution in [2.24, 2.45) is 4.99 Å². The van der Waals surface area contributed by atoms with Gasteiger partial charge >= 0.3 is 0 Å². The Hall–Kier alpha value is -6.85. The first-order chi connectivity index (χ1) is 25.2. The molecule has 0 aliphatic carbocycles. The Morgan fingerprint density at radius 2 is 1.12 bits per heavy atom. The molecular weight excluding hydrogens is 623 g/mol. The van der Waals surface area contributed by atoms with Crippen LogP contribution in [0.2, 0.25) is 0 Å². The summed E-state index contributed by atoms with van der Waals surface area (Å²) in [5, 5.41) is 3.44. The Morgan fingerprint density at radius 3 is 1.80 bits per heavy atom. The number of aromatic nitrogens is 4. The zero-order chi connectivity index (χ0) is 34.3. The summed E-state index contributed by atoms with van der Waals surface area (Å²) in [5.74, 6) is 1.42. The summed E-state index contributed by atoms with van der Waals surface area (Å²) in [6.07, 6.45) is 4.12. The van der Waals surface area contributed by atoms with Gasteiger partial charge in [-0.3, -0.25) is 9.56 Å². The van der Waals surface area contributed by atoms with Gasteiger partial charge < -0.3 is 4.57 Å². The highest BCUT2D eigenvalue weighted by molar-refractivity contribution is 6.11. The van der Waals surface area contributed by atoms with Crippen molar-refractivity contribution >= 4 is 51.2 Å². The van der Waals surface area contributed by atoms with E-state index in [2.05, 4.69) is 136 Å². The van der Waals surface area contributed by atoms with Gasteiger partial charge in [0.1, 0.15) is 5.82 Å². The van der Waals surface area contributed by atoms with E-state index < -0.39 is 0 Å². The van der Waals surface area contributed by atoms with Crippen molar-refractivity contribution in [2.45, 2.75) is 6.92 Å². The normalized spacial score (nSPS) is 11.6. The minimum atomic E-state index is 0.660. The molecule has 5 heteroatoms. The average molecular weight is 656 g/mol. The molecule has 0 N–H and O–H groups in total. The highest BCUT2D eigenvalue weighted by atomic mass is 15.1. The van der Waals surface area contributed by atoms with Crippen LogP contribution in [0.1, 0.15) is 12.6 Å². The Labute approximate surface area is 296 Å². The quantitative estimate of drug-likeness (QED) is 0.160. The third-order valence-corrected chi connectivity index (χ3v) is 9.52. The monoisotopic (exact) mass is 655 g/mol. The predicted octanol–water partition coefficient (Wildman–Crippen LogP) is 11.9. The van der Waals surface area contributed by atoms with Gasteiger partial charge in [-0.05, 0) is 73.3 Å². The molecule has 5 nitrogen and oxygen atoms in total. The van der Waals surface area contributed by atoms with E-state index in [0.29, 0.717) is 5.82 Å². The predicted molar refractivity (Wildman–Crippen MR) is 213 cm³/mol. The van der Waals surface area contributed by atoms with Gasteiger partial charge in [0, 0.05) is 39.0 Å². The van der Waals surface area contributed by atoms with Crippen LogP contribution in [0.4, 0.5) is 5.69 Å². The van der Waals surface area contributed by atoms with Gasteiger partial charge in [0.05, 0.1) is 33.6 Å². The maximum atomic E-state index is 5.16. The molecule has 0 amide bonds. The molecule has 0 saturated heterocycles. The molecule has 0 radical (unpaired) electrons. The molecule has 242 valence electrons. The van der Waals surface area contributed by atoms with Crippen molar-refractivity contribution < 1.29 is 0 Å². The van der Waals surface area contributed by atoms with E-state index >= 15 is 0 Å². The van der Waals surface area contributed by atoms with E-state index in [-0.39, 0.29) is 0 Å². The third kappa shape index (κ3) is 5.15. The van der Waals surface area contributed by atoms with Crippen LogP contribution in [0.15, 0.2) is 169 Å². The van der Waals surface area contributed by atoms with Crippen LogP contribution in [0.5, 0.6) is 0 Å². The Balaban J connectivity index is 1.25. The number of allylic oxidation sites excluding steroid dienone is 1. The molecule has 9 aromatic rings. The highest BCUT2D eigenvalue weighted by Gasteiger charge is 2.20. The van der Waals surface area contributed by atoms with E-state index in [1.807, 2.05) is 61.5 Å². The minimum absolute atomic E-state index is 0.660. The van der Waals surface area contributed by atoms with Gasteiger partial charge in [-0.25, -0.2) is 9.97 Å². The van der Waals surface area contributed by atoms with Gasteiger partial charge in [-0.2, -0.15) is 0 Å². The molecule has 0 spiro atoms. The molecule has 0 saturated carbocycles. The number of hydrogen-bond donors (Lipinski definition) is 0. The molecule has 3 aromatic heterocycles. The summed E-state index contributed by atoms with van der Waals surface area (Å²) in [6.45, 7) is 6.06. The van der Waals surface area contributed by atoms with Crippen molar-refractivity contribution in [3.63, 3.8) is 0 Å². The smallest absolute Gasteiger partial charge is 0.162 e. The lowest BCUT2D eigenvalue weighted by Gasteiger charge is -2.13. The Bertz CT molecular complexity index is 2700. The topological polar surface area (TPSA) is 48.0 Å². The number of aliphatic imine (C=N–C) groups is 1. The zero-order valence-electron chi connectivity index (χ0n) is 28.1. The fraction of sp³-hybridized carbons (Fsp3) is 0.0217. The van der Waals surface area contributed by atoms with Gasteiger partial charge in [0.25, 0.3) is 0 Å². The van der Waals surface area contributed by atoms with E-state index in [1.54, 1.807) is 0 Å². The van der Waals surface area contributed by atoms with Crippen LogP contribution in [0.3, 0.4) is 0 Å². The number of benzene rings is 6. The van der Waals surface area contributed by atoms with Gasteiger partial charge in [0.15, 0.2) is 5.82 Å². The maximum Gasteiger partial charge on any atom is 0.162 e. The third-order valence-electron chi connectivity index (χ3n) is 9.52. The van der Waals surface area contributed by atoms with Crippen LogP contribution in [-0.4, -0.2) is 25.8 Å². The minimum Gasteiger partial charge on any atom is -0.309 e. The number of rotatable bonds is 7. The molecule has 0 atom stereocenters. The summed E-state index contributed by atoms with van der Waals surface area (Å²) >= 11 is 0. The van der Waals surface area contributed by atoms with Gasteiger partial charge in [-0.15, -0.1) is 0 Å². The molecule has 0 bridgehead atoms. The number of hydrogen-bond acceptors (Lipinski definition) is 3. The molecule has 0 fully saturated rings. The molecule has 0 unspecified atom stereocenters. The fourth-order valence-corrected chi connectivity index (χ4v) is 7.23. The van der Waals surface area contributed by atoms with Crippen LogP contribution in [0, 0.1) is 0 Å². The molecule has 51 heavy (non-hydrogen) atoms. The van der Waals surface area contributed by atoms with E-state index in [4.69, 9.17) is 9.97 Å². The van der Waals surface area contributed by atoms with Crippen molar-refractivity contribution in [3.8, 4) is 45.3 Å². The second-order valence-corrected chi connectivity index (χ2v) is 12.5. The molecular formula is C46H33N5. The Kier molecular flexibility index (Phi) is 7.44. The van der Waals surface area contributed by atoms with Crippen LogP contribution >= 0.6 is 0 Å². The summed E-state index contributed by atoms with van der Waals surface area (Å²) in [6, 6.07) is 55.0. The highest BCUT2D eigenvalue weighted by Crippen LogP contribution is 2.41. The standard InChI is InChI=1S/C46H33N5/c1-3-15-43-45(47-2)38-29-34(33-24-26-41-37(28-33)36-22-13-14-23-40(36)50(41)35-20-11-6-12-21-35)25-27-42(38)51(43)44-30-39(31-16-7-4-8-17-31)48-46(49-44)32-18-9-5-10-19-32/h3-30H,2H2,1H3/b15-3-. The average Bonchev–Trinajstić information content (AvgIpc) is 3.70. The largest absolute Gasteiger partial charge is 0.309 e. The lowest BCUT2D eigenvalue weighted by Crippen LogP contribution is -2.04. The summed E-state index contributed by atoms with van der Waals surface area (Å²) < 4.78 is 4.52. The first kappa shape index (κ1) is 30.2. The molecule has 9 rings (SSSR count). The lowest BCUT2D eigenvalue weighted by atomic mass is 10.0. The maximum absolute atomic E-state index is 5.16. The molecule has 3 heterocycles. The van der Waals surface area contributed by atoms with Crippen LogP contribution < -0.4 is 0 Å². The number of fused-ring (bicyclic) bond motifs is 4.